The molecule has 0 spiro atoms. The van der Waals surface area contributed by atoms with E-state index in [0.29, 0.717) is 6.42 Å². The Balaban J connectivity index is 2.42. The van der Waals surface area contributed by atoms with Crippen molar-refractivity contribution in [3.8, 4) is 0 Å². The lowest BCUT2D eigenvalue weighted by Crippen LogP contribution is -2.43. The van der Waals surface area contributed by atoms with E-state index < -0.39 is 35.8 Å². The van der Waals surface area contributed by atoms with Crippen LogP contribution in [0.4, 0.5) is 14.6 Å². The molecule has 2 N–H and O–H groups in total. The van der Waals surface area contributed by atoms with Crippen molar-refractivity contribution in [2.24, 2.45) is 5.92 Å². The van der Waals surface area contributed by atoms with E-state index in [1.807, 2.05) is 0 Å². The predicted molar refractivity (Wildman–Crippen MR) is 70.7 cm³/mol. The van der Waals surface area contributed by atoms with Gasteiger partial charge in [0.15, 0.2) is 12.4 Å². The summed E-state index contributed by atoms with van der Waals surface area (Å²) in [7, 11) is 0. The van der Waals surface area contributed by atoms with Gasteiger partial charge in [0.1, 0.15) is 17.6 Å². The Hall–Kier alpha value is -1.50. The second kappa shape index (κ2) is 5.12. The van der Waals surface area contributed by atoms with E-state index in [2.05, 4.69) is 4.98 Å². The Kier molecular flexibility index (Phi) is 3.82. The smallest absolute Gasteiger partial charge is 0.351 e. The number of alkyl halides is 2. The second-order valence-corrected chi connectivity index (χ2v) is 5.21. The summed E-state index contributed by atoms with van der Waals surface area (Å²) < 4.78 is 35.1. The van der Waals surface area contributed by atoms with Crippen LogP contribution in [0.5, 0.6) is 0 Å². The number of hydrogen-bond donors (Lipinski definition) is 1. The first-order valence-electron chi connectivity index (χ1n) is 6.64. The van der Waals surface area contributed by atoms with Crippen molar-refractivity contribution in [1.82, 2.24) is 9.55 Å². The van der Waals surface area contributed by atoms with E-state index in [1.165, 1.54) is 19.2 Å². The van der Waals surface area contributed by atoms with Crippen molar-refractivity contribution in [2.75, 3.05) is 5.73 Å². The number of hydrogen-bond acceptors (Lipinski definition) is 4. The lowest BCUT2D eigenvalue weighted by molar-refractivity contribution is -0.126. The fraction of sp³-hybridized carbons (Fsp3) is 0.692. The summed E-state index contributed by atoms with van der Waals surface area (Å²) in [5, 5.41) is 0. The molecular weight excluding hydrogens is 268 g/mol. The van der Waals surface area contributed by atoms with Gasteiger partial charge in [0.05, 0.1) is 0 Å². The van der Waals surface area contributed by atoms with Crippen LogP contribution in [0.25, 0.3) is 0 Å². The monoisotopic (exact) mass is 287 g/mol. The van der Waals surface area contributed by atoms with Gasteiger partial charge in [0.2, 0.25) is 0 Å². The van der Waals surface area contributed by atoms with Gasteiger partial charge in [-0.3, -0.25) is 4.57 Å². The molecule has 112 valence electrons. The van der Waals surface area contributed by atoms with E-state index in [0.717, 1.165) is 4.57 Å². The van der Waals surface area contributed by atoms with Crippen molar-refractivity contribution >= 4 is 5.82 Å². The number of nitrogen functional groups attached to an aromatic ring is 1. The summed E-state index contributed by atoms with van der Waals surface area (Å²) in [6, 6.07) is 1.38. The van der Waals surface area contributed by atoms with Gasteiger partial charge in [-0.2, -0.15) is 4.98 Å². The Morgan fingerprint density at radius 3 is 2.75 bits per heavy atom. The highest BCUT2D eigenvalue weighted by Gasteiger charge is 2.56. The summed E-state index contributed by atoms with van der Waals surface area (Å²) in [6.45, 7) is 4.69. The SMILES string of the molecule is CC[C@@]1([C@H](C)F)O[C@@H](n2ccc(N)nc2=O)[C@H](F)[C@@H]1C. The number of halogens is 2. The van der Waals surface area contributed by atoms with Gasteiger partial charge < -0.3 is 10.5 Å². The van der Waals surface area contributed by atoms with Gasteiger partial charge in [0, 0.05) is 12.1 Å². The zero-order chi connectivity index (χ0) is 15.1. The van der Waals surface area contributed by atoms with Gasteiger partial charge in [-0.05, 0) is 19.4 Å². The van der Waals surface area contributed by atoms with Crippen molar-refractivity contribution < 1.29 is 13.5 Å². The summed E-state index contributed by atoms with van der Waals surface area (Å²) in [6.07, 6.45) is -2.37. The van der Waals surface area contributed by atoms with E-state index in [4.69, 9.17) is 10.5 Å². The first kappa shape index (κ1) is 14.9. The third-order valence-electron chi connectivity index (χ3n) is 4.21. The van der Waals surface area contributed by atoms with Crippen LogP contribution in [0.1, 0.15) is 33.4 Å². The highest BCUT2D eigenvalue weighted by molar-refractivity contribution is 5.23. The molecule has 1 fully saturated rings. The molecule has 0 bridgehead atoms. The maximum Gasteiger partial charge on any atom is 0.351 e. The summed E-state index contributed by atoms with van der Waals surface area (Å²) in [5.74, 6) is -0.615. The fourth-order valence-corrected chi connectivity index (χ4v) is 2.89. The maximum absolute atomic E-state index is 14.5. The zero-order valence-corrected chi connectivity index (χ0v) is 11.7. The molecule has 1 aromatic rings. The molecule has 5 nitrogen and oxygen atoms in total. The fourth-order valence-electron chi connectivity index (χ4n) is 2.89. The molecular formula is C13H19F2N3O2. The van der Waals surface area contributed by atoms with Crippen LogP contribution in [0.2, 0.25) is 0 Å². The molecule has 0 aliphatic carbocycles. The van der Waals surface area contributed by atoms with E-state index in [-0.39, 0.29) is 5.82 Å². The van der Waals surface area contributed by atoms with E-state index >= 15 is 0 Å². The van der Waals surface area contributed by atoms with Crippen LogP contribution in [0.15, 0.2) is 17.1 Å². The number of anilines is 1. The van der Waals surface area contributed by atoms with Crippen molar-refractivity contribution in [3.05, 3.63) is 22.7 Å². The summed E-state index contributed by atoms with van der Waals surface area (Å²) in [4.78, 5) is 15.3. The molecule has 0 saturated carbocycles. The van der Waals surface area contributed by atoms with Gasteiger partial charge in [-0.15, -0.1) is 0 Å². The number of aromatic nitrogens is 2. The third-order valence-corrected chi connectivity index (χ3v) is 4.21. The molecule has 7 heteroatoms. The molecule has 0 amide bonds. The first-order valence-corrected chi connectivity index (χ1v) is 6.64. The molecule has 0 radical (unpaired) electrons. The topological polar surface area (TPSA) is 70.1 Å². The Morgan fingerprint density at radius 2 is 2.30 bits per heavy atom. The Bertz CT molecular complexity index is 549. The van der Waals surface area contributed by atoms with Gasteiger partial charge in [-0.25, -0.2) is 13.6 Å². The van der Waals surface area contributed by atoms with Gasteiger partial charge in [0.25, 0.3) is 0 Å². The van der Waals surface area contributed by atoms with Crippen LogP contribution >= 0.6 is 0 Å². The average Bonchev–Trinajstić information content (AvgIpc) is 2.64. The molecule has 2 rings (SSSR count). The minimum atomic E-state index is -1.49. The number of nitrogens with two attached hydrogens (primary N) is 1. The largest absolute Gasteiger partial charge is 0.383 e. The maximum atomic E-state index is 14.5. The second-order valence-electron chi connectivity index (χ2n) is 5.21. The average molecular weight is 287 g/mol. The molecule has 0 aromatic carbocycles. The van der Waals surface area contributed by atoms with Crippen LogP contribution < -0.4 is 11.4 Å². The number of nitrogens with zero attached hydrogens (tertiary/aromatic N) is 2. The molecule has 5 atom stereocenters. The minimum absolute atomic E-state index is 0.0494. The van der Waals surface area contributed by atoms with Gasteiger partial charge in [-0.1, -0.05) is 13.8 Å². The molecule has 1 aliphatic heterocycles. The highest BCUT2D eigenvalue weighted by Crippen LogP contribution is 2.47. The van der Waals surface area contributed by atoms with Crippen LogP contribution in [-0.4, -0.2) is 27.5 Å². The Labute approximate surface area is 115 Å². The lowest BCUT2D eigenvalue weighted by Gasteiger charge is -2.33. The standard InChI is InChI=1S/C13H19F2N3O2/c1-4-13(8(3)14)7(2)10(15)11(20-13)18-6-5-9(16)17-12(18)19/h5-8,10-11H,4H2,1-3H3,(H2,16,17,19)/t7-,8-,10+,11+,13+/m0/s1. The molecule has 20 heavy (non-hydrogen) atoms. The summed E-state index contributed by atoms with van der Waals surface area (Å²) in [5.41, 5.74) is 3.46. The van der Waals surface area contributed by atoms with Crippen LogP contribution in [-0.2, 0) is 4.74 Å². The molecule has 1 saturated heterocycles. The van der Waals surface area contributed by atoms with Crippen LogP contribution in [0, 0.1) is 5.92 Å². The minimum Gasteiger partial charge on any atom is -0.383 e. The van der Waals surface area contributed by atoms with Crippen molar-refractivity contribution in [2.45, 2.75) is 51.4 Å². The Morgan fingerprint density at radius 1 is 1.65 bits per heavy atom. The molecule has 2 heterocycles. The van der Waals surface area contributed by atoms with Gasteiger partial charge >= 0.3 is 5.69 Å². The van der Waals surface area contributed by atoms with Crippen molar-refractivity contribution in [3.63, 3.8) is 0 Å². The molecule has 1 aromatic heterocycles. The highest BCUT2D eigenvalue weighted by atomic mass is 19.1. The third kappa shape index (κ3) is 2.09. The van der Waals surface area contributed by atoms with E-state index in [9.17, 15) is 13.6 Å². The normalized spacial score (nSPS) is 35.1. The quantitative estimate of drug-likeness (QED) is 0.921. The van der Waals surface area contributed by atoms with E-state index in [1.54, 1.807) is 13.8 Å². The van der Waals surface area contributed by atoms with Crippen molar-refractivity contribution in [1.29, 1.82) is 0 Å². The summed E-state index contributed by atoms with van der Waals surface area (Å²) >= 11 is 0. The van der Waals surface area contributed by atoms with Crippen LogP contribution in [0.3, 0.4) is 0 Å². The zero-order valence-electron chi connectivity index (χ0n) is 11.7. The predicted octanol–water partition coefficient (Wildman–Crippen LogP) is 1.84. The number of rotatable bonds is 3. The first-order chi connectivity index (χ1) is 9.33. The lowest BCUT2D eigenvalue weighted by atomic mass is 9.82. The molecule has 1 aliphatic rings. The number of ether oxygens (including phenoxy) is 1. The molecule has 0 unspecified atom stereocenters.